The van der Waals surface area contributed by atoms with E-state index in [-0.39, 0.29) is 4.90 Å². The number of hydrogen-bond donors (Lipinski definition) is 2. The minimum Gasteiger partial charge on any atom is -0.327 e. The molecule has 36 heavy (non-hydrogen) atoms. The number of carbonyl (C=O) groups excluding carboxylic acids is 1. The highest BCUT2D eigenvalue weighted by Crippen LogP contribution is 2.26. The molecule has 3 aromatic carbocycles. The number of benzene rings is 3. The Hall–Kier alpha value is -3.95. The first-order valence-electron chi connectivity index (χ1n) is 11.3. The highest BCUT2D eigenvalue weighted by Gasteiger charge is 2.25. The van der Waals surface area contributed by atoms with E-state index in [4.69, 9.17) is 0 Å². The van der Waals surface area contributed by atoms with Crippen LogP contribution in [0.2, 0.25) is 0 Å². The molecule has 1 unspecified atom stereocenters. The van der Waals surface area contributed by atoms with Crippen molar-refractivity contribution in [2.75, 3.05) is 0 Å². The van der Waals surface area contributed by atoms with E-state index in [1.165, 1.54) is 10.8 Å². The molecule has 0 fully saturated rings. The summed E-state index contributed by atoms with van der Waals surface area (Å²) >= 11 is 1.67. The van der Waals surface area contributed by atoms with Crippen molar-refractivity contribution in [1.82, 2.24) is 19.6 Å². The Balaban J connectivity index is 1.46. The quantitative estimate of drug-likeness (QED) is 0.304. The largest absolute Gasteiger partial charge is 0.329 e. The Morgan fingerprint density at radius 1 is 1.03 bits per heavy atom. The van der Waals surface area contributed by atoms with Crippen LogP contribution in [0.15, 0.2) is 102 Å². The van der Waals surface area contributed by atoms with Crippen molar-refractivity contribution in [3.05, 3.63) is 114 Å². The van der Waals surface area contributed by atoms with Crippen molar-refractivity contribution in [3.8, 4) is 5.69 Å². The van der Waals surface area contributed by atoms with E-state index in [1.54, 1.807) is 42.7 Å². The van der Waals surface area contributed by atoms with Crippen LogP contribution in [0.25, 0.3) is 15.8 Å². The molecule has 2 amide bonds. The Labute approximate surface area is 213 Å². The fourth-order valence-electron chi connectivity index (χ4n) is 4.17. The lowest BCUT2D eigenvalue weighted by atomic mass is 10.1. The van der Waals surface area contributed by atoms with Crippen LogP contribution in [0.1, 0.15) is 23.0 Å². The first-order valence-corrected chi connectivity index (χ1v) is 13.7. The summed E-state index contributed by atoms with van der Waals surface area (Å²) in [5.41, 5.74) is 2.44. The lowest BCUT2D eigenvalue weighted by Crippen LogP contribution is -2.42. The SMILES string of the molecule is Cc1ccccc1S(=O)(=O)NC(=O)NC(Cc1ccccc1)c1nccn1-c1ccc2sccc2c1. The zero-order valence-electron chi connectivity index (χ0n) is 19.5. The number of urea groups is 1. The van der Waals surface area contributed by atoms with Crippen LogP contribution in [0.4, 0.5) is 4.79 Å². The van der Waals surface area contributed by atoms with Gasteiger partial charge >= 0.3 is 6.03 Å². The van der Waals surface area contributed by atoms with Gasteiger partial charge in [0.05, 0.1) is 10.9 Å². The van der Waals surface area contributed by atoms with Crippen LogP contribution >= 0.6 is 11.3 Å². The molecule has 0 aliphatic rings. The summed E-state index contributed by atoms with van der Waals surface area (Å²) in [5.74, 6) is 0.594. The lowest BCUT2D eigenvalue weighted by molar-refractivity contribution is 0.241. The van der Waals surface area contributed by atoms with Gasteiger partial charge in [-0.1, -0.05) is 48.5 Å². The van der Waals surface area contributed by atoms with Crippen LogP contribution in [0.3, 0.4) is 0 Å². The first-order chi connectivity index (χ1) is 17.4. The molecule has 0 aliphatic carbocycles. The number of imidazole rings is 1. The molecule has 0 bridgehead atoms. The zero-order valence-corrected chi connectivity index (χ0v) is 21.1. The number of carbonyl (C=O) groups is 1. The highest BCUT2D eigenvalue weighted by atomic mass is 32.2. The lowest BCUT2D eigenvalue weighted by Gasteiger charge is -2.21. The van der Waals surface area contributed by atoms with E-state index in [9.17, 15) is 13.2 Å². The molecular formula is C27H24N4O3S2. The molecule has 5 rings (SSSR count). The summed E-state index contributed by atoms with van der Waals surface area (Å²) in [4.78, 5) is 17.6. The van der Waals surface area contributed by atoms with Gasteiger partial charge in [-0.3, -0.25) is 0 Å². The normalized spacial score (nSPS) is 12.4. The van der Waals surface area contributed by atoms with Gasteiger partial charge in [-0.05, 0) is 65.6 Å². The standard InChI is InChI=1S/C27H24N4O3S2/c1-19-7-5-6-10-25(19)36(33,34)30-27(32)29-23(17-20-8-3-2-4-9-20)26-28-14-15-31(26)22-11-12-24-21(18-22)13-16-35-24/h2-16,18,23H,17H2,1H3,(H2,29,30,32). The Bertz CT molecular complexity index is 1630. The van der Waals surface area contributed by atoms with E-state index in [2.05, 4.69) is 33.2 Å². The highest BCUT2D eigenvalue weighted by molar-refractivity contribution is 7.90. The molecule has 0 saturated carbocycles. The molecule has 182 valence electrons. The third-order valence-corrected chi connectivity index (χ3v) is 8.28. The van der Waals surface area contributed by atoms with E-state index in [1.807, 2.05) is 52.5 Å². The third kappa shape index (κ3) is 5.02. The molecule has 9 heteroatoms. The van der Waals surface area contributed by atoms with Gasteiger partial charge in [0.1, 0.15) is 5.82 Å². The van der Waals surface area contributed by atoms with Crippen LogP contribution in [-0.2, 0) is 16.4 Å². The zero-order chi connectivity index (χ0) is 25.1. The third-order valence-electron chi connectivity index (χ3n) is 5.89. The number of amides is 2. The van der Waals surface area contributed by atoms with Crippen molar-refractivity contribution in [3.63, 3.8) is 0 Å². The van der Waals surface area contributed by atoms with Crippen LogP contribution in [-0.4, -0.2) is 24.0 Å². The summed E-state index contributed by atoms with van der Waals surface area (Å²) in [6.45, 7) is 1.69. The first kappa shape index (κ1) is 23.8. The monoisotopic (exact) mass is 516 g/mol. The number of hydrogen-bond acceptors (Lipinski definition) is 5. The summed E-state index contributed by atoms with van der Waals surface area (Å²) in [6.07, 6.45) is 3.94. The van der Waals surface area contributed by atoms with Gasteiger partial charge in [-0.25, -0.2) is 22.9 Å². The number of aryl methyl sites for hydroxylation is 1. The Morgan fingerprint density at radius 3 is 2.61 bits per heavy atom. The molecule has 1 atom stereocenters. The average Bonchev–Trinajstić information content (AvgIpc) is 3.53. The van der Waals surface area contributed by atoms with Gasteiger partial charge in [0.25, 0.3) is 10.0 Å². The molecular weight excluding hydrogens is 492 g/mol. The number of nitrogens with zero attached hydrogens (tertiary/aromatic N) is 2. The van der Waals surface area contributed by atoms with Crippen LogP contribution in [0.5, 0.6) is 0 Å². The minimum absolute atomic E-state index is 0.0605. The maximum Gasteiger partial charge on any atom is 0.329 e. The predicted octanol–water partition coefficient (Wildman–Crippen LogP) is 5.37. The van der Waals surface area contributed by atoms with Gasteiger partial charge < -0.3 is 9.88 Å². The molecule has 0 radical (unpaired) electrons. The van der Waals surface area contributed by atoms with E-state index in [0.717, 1.165) is 16.6 Å². The molecule has 2 heterocycles. The second kappa shape index (κ2) is 9.96. The van der Waals surface area contributed by atoms with Gasteiger partial charge in [-0.15, -0.1) is 11.3 Å². The number of fused-ring (bicyclic) bond motifs is 1. The summed E-state index contributed by atoms with van der Waals surface area (Å²) in [6, 6.07) is 23.0. The second-order valence-electron chi connectivity index (χ2n) is 8.38. The Kier molecular flexibility index (Phi) is 6.58. The molecule has 7 nitrogen and oxygen atoms in total. The fraction of sp³-hybridized carbons (Fsp3) is 0.111. The minimum atomic E-state index is -4.05. The number of rotatable bonds is 7. The fourth-order valence-corrected chi connectivity index (χ4v) is 6.11. The van der Waals surface area contributed by atoms with Crippen molar-refractivity contribution in [2.24, 2.45) is 0 Å². The second-order valence-corrected chi connectivity index (χ2v) is 11.0. The van der Waals surface area contributed by atoms with E-state index >= 15 is 0 Å². The maximum atomic E-state index is 13.0. The van der Waals surface area contributed by atoms with Crippen molar-refractivity contribution >= 4 is 37.5 Å². The molecule has 0 aliphatic heterocycles. The predicted molar refractivity (Wildman–Crippen MR) is 142 cm³/mol. The molecule has 0 saturated heterocycles. The summed E-state index contributed by atoms with van der Waals surface area (Å²) in [5, 5.41) is 6.01. The summed E-state index contributed by atoms with van der Waals surface area (Å²) in [7, 11) is -4.05. The van der Waals surface area contributed by atoms with Gasteiger partial charge in [0, 0.05) is 22.8 Å². The summed E-state index contributed by atoms with van der Waals surface area (Å²) < 4.78 is 31.0. The van der Waals surface area contributed by atoms with Gasteiger partial charge in [-0.2, -0.15) is 0 Å². The molecule has 5 aromatic rings. The van der Waals surface area contributed by atoms with E-state index < -0.39 is 22.1 Å². The number of sulfonamides is 1. The van der Waals surface area contributed by atoms with Crippen LogP contribution < -0.4 is 10.0 Å². The maximum absolute atomic E-state index is 13.0. The van der Waals surface area contributed by atoms with Crippen molar-refractivity contribution in [1.29, 1.82) is 0 Å². The molecule has 2 N–H and O–H groups in total. The van der Waals surface area contributed by atoms with Gasteiger partial charge in [0.2, 0.25) is 0 Å². The number of thiophene rings is 1. The smallest absolute Gasteiger partial charge is 0.327 e. The topological polar surface area (TPSA) is 93.1 Å². The van der Waals surface area contributed by atoms with Crippen molar-refractivity contribution in [2.45, 2.75) is 24.3 Å². The number of aromatic nitrogens is 2. The van der Waals surface area contributed by atoms with Gasteiger partial charge in [0.15, 0.2) is 0 Å². The van der Waals surface area contributed by atoms with Crippen LogP contribution in [0, 0.1) is 6.92 Å². The van der Waals surface area contributed by atoms with Crippen molar-refractivity contribution < 1.29 is 13.2 Å². The van der Waals surface area contributed by atoms with E-state index in [0.29, 0.717) is 17.8 Å². The molecule has 0 spiro atoms. The molecule has 2 aromatic heterocycles. The Morgan fingerprint density at radius 2 is 1.81 bits per heavy atom. The number of nitrogens with one attached hydrogen (secondary N) is 2. The average molecular weight is 517 g/mol.